The van der Waals surface area contributed by atoms with Crippen molar-refractivity contribution in [2.75, 3.05) is 13.2 Å². The van der Waals surface area contributed by atoms with Gasteiger partial charge in [0.1, 0.15) is 0 Å². The predicted octanol–water partition coefficient (Wildman–Crippen LogP) is 0.985. The van der Waals surface area contributed by atoms with E-state index in [9.17, 15) is 0 Å². The molecule has 0 saturated heterocycles. The summed E-state index contributed by atoms with van der Waals surface area (Å²) in [5.41, 5.74) is 5.11. The fourth-order valence-corrected chi connectivity index (χ4v) is 0.501. The smallest absolute Gasteiger partial charge is 0.0928 e. The lowest BCUT2D eigenvalue weighted by Crippen LogP contribution is -2.13. The summed E-state index contributed by atoms with van der Waals surface area (Å²) in [7, 11) is 0. The summed E-state index contributed by atoms with van der Waals surface area (Å²) in [5, 5.41) is 6.88. The molecule has 0 aliphatic heterocycles. The Morgan fingerprint density at radius 3 is 2.60 bits per heavy atom. The summed E-state index contributed by atoms with van der Waals surface area (Å²) in [5.74, 6) is 0.760. The highest BCUT2D eigenvalue weighted by molar-refractivity contribution is 5.76. The van der Waals surface area contributed by atoms with Crippen LogP contribution in [0.1, 0.15) is 20.3 Å². The van der Waals surface area contributed by atoms with Gasteiger partial charge in [-0.15, -0.1) is 0 Å². The summed E-state index contributed by atoms with van der Waals surface area (Å²) >= 11 is 0. The third-order valence-electron chi connectivity index (χ3n) is 0.967. The zero-order valence-corrected chi connectivity index (χ0v) is 6.68. The molecule has 0 aromatic carbocycles. The van der Waals surface area contributed by atoms with Crippen LogP contribution in [0.15, 0.2) is 0 Å². The number of rotatable bonds is 5. The second-order valence-corrected chi connectivity index (χ2v) is 2.74. The van der Waals surface area contributed by atoms with Crippen molar-refractivity contribution in [3.8, 4) is 0 Å². The minimum absolute atomic E-state index is 0.198. The third-order valence-corrected chi connectivity index (χ3v) is 0.967. The number of hydrogen-bond donors (Lipinski definition) is 2. The van der Waals surface area contributed by atoms with Crippen molar-refractivity contribution in [1.82, 2.24) is 0 Å². The maximum absolute atomic E-state index is 6.88. The van der Waals surface area contributed by atoms with E-state index in [1.54, 1.807) is 0 Å². The van der Waals surface area contributed by atoms with Gasteiger partial charge in [-0.05, 0) is 5.92 Å². The van der Waals surface area contributed by atoms with Crippen LogP contribution >= 0.6 is 0 Å². The first-order valence-corrected chi connectivity index (χ1v) is 3.53. The molecule has 0 aromatic rings. The van der Waals surface area contributed by atoms with Crippen molar-refractivity contribution < 1.29 is 4.74 Å². The maximum atomic E-state index is 6.88. The molecule has 0 saturated carbocycles. The topological polar surface area (TPSA) is 59.1 Å². The Morgan fingerprint density at radius 2 is 2.20 bits per heavy atom. The van der Waals surface area contributed by atoms with Gasteiger partial charge in [-0.2, -0.15) is 0 Å². The molecule has 3 N–H and O–H groups in total. The Labute approximate surface area is 62.1 Å². The molecule has 0 aliphatic rings. The second kappa shape index (κ2) is 5.23. The van der Waals surface area contributed by atoms with E-state index in [4.69, 9.17) is 15.9 Å². The molecule has 0 fully saturated rings. The van der Waals surface area contributed by atoms with E-state index in [1.807, 2.05) is 0 Å². The van der Waals surface area contributed by atoms with Crippen molar-refractivity contribution in [2.24, 2.45) is 11.7 Å². The lowest BCUT2D eigenvalue weighted by Gasteiger charge is -2.04. The Hall–Kier alpha value is -0.570. The normalized spacial score (nSPS) is 10.3. The number of amidine groups is 1. The van der Waals surface area contributed by atoms with Crippen LogP contribution in [-0.2, 0) is 4.74 Å². The summed E-state index contributed by atoms with van der Waals surface area (Å²) in [6.07, 6.45) is 0.548. The SMILES string of the molecule is CC(C)COCCC(=N)N. The van der Waals surface area contributed by atoms with Gasteiger partial charge in [-0.3, -0.25) is 5.41 Å². The zero-order valence-electron chi connectivity index (χ0n) is 6.68. The molecule has 0 spiro atoms. The minimum atomic E-state index is 0.198. The Morgan fingerprint density at radius 1 is 1.60 bits per heavy atom. The molecule has 10 heavy (non-hydrogen) atoms. The largest absolute Gasteiger partial charge is 0.388 e. The molecule has 0 aromatic heterocycles. The highest BCUT2D eigenvalue weighted by Crippen LogP contribution is 1.92. The Balaban J connectivity index is 2.98. The van der Waals surface area contributed by atoms with E-state index in [1.165, 1.54) is 0 Å². The van der Waals surface area contributed by atoms with Gasteiger partial charge < -0.3 is 10.5 Å². The zero-order chi connectivity index (χ0) is 7.98. The fourth-order valence-electron chi connectivity index (χ4n) is 0.501. The average molecular weight is 144 g/mol. The van der Waals surface area contributed by atoms with Crippen LogP contribution in [0.5, 0.6) is 0 Å². The van der Waals surface area contributed by atoms with Crippen LogP contribution in [0.25, 0.3) is 0 Å². The van der Waals surface area contributed by atoms with E-state index in [-0.39, 0.29) is 5.84 Å². The van der Waals surface area contributed by atoms with Crippen molar-refractivity contribution >= 4 is 5.84 Å². The van der Waals surface area contributed by atoms with Gasteiger partial charge in [0.15, 0.2) is 0 Å². The van der Waals surface area contributed by atoms with Gasteiger partial charge in [-0.1, -0.05) is 13.8 Å². The summed E-state index contributed by atoms with van der Waals surface area (Å²) in [4.78, 5) is 0. The van der Waals surface area contributed by atoms with Gasteiger partial charge >= 0.3 is 0 Å². The van der Waals surface area contributed by atoms with E-state index in [0.29, 0.717) is 18.9 Å². The molecule has 0 heterocycles. The maximum Gasteiger partial charge on any atom is 0.0928 e. The molecule has 0 bridgehead atoms. The fraction of sp³-hybridized carbons (Fsp3) is 0.857. The van der Waals surface area contributed by atoms with Gasteiger partial charge in [0, 0.05) is 13.0 Å². The van der Waals surface area contributed by atoms with Gasteiger partial charge in [0.2, 0.25) is 0 Å². The summed E-state index contributed by atoms with van der Waals surface area (Å²) in [6, 6.07) is 0. The number of nitrogens with two attached hydrogens (primary N) is 1. The molecule has 60 valence electrons. The van der Waals surface area contributed by atoms with Crippen LogP contribution < -0.4 is 5.73 Å². The first-order chi connectivity index (χ1) is 4.63. The quantitative estimate of drug-likeness (QED) is 0.343. The van der Waals surface area contributed by atoms with Gasteiger partial charge in [-0.25, -0.2) is 0 Å². The van der Waals surface area contributed by atoms with Crippen LogP contribution in [0, 0.1) is 11.3 Å². The first-order valence-electron chi connectivity index (χ1n) is 3.53. The lowest BCUT2D eigenvalue weighted by molar-refractivity contribution is 0.116. The molecule has 0 amide bonds. The number of ether oxygens (including phenoxy) is 1. The van der Waals surface area contributed by atoms with Gasteiger partial charge in [0.05, 0.1) is 12.4 Å². The Kier molecular flexibility index (Phi) is 4.94. The molecule has 3 nitrogen and oxygen atoms in total. The lowest BCUT2D eigenvalue weighted by atomic mass is 10.2. The van der Waals surface area contributed by atoms with Crippen LogP contribution in [0.3, 0.4) is 0 Å². The molecular formula is C7H16N2O. The standard InChI is InChI=1S/C7H16N2O/c1-6(2)5-10-4-3-7(8)9/h6H,3-5H2,1-2H3,(H3,8,9). The highest BCUT2D eigenvalue weighted by atomic mass is 16.5. The average Bonchev–Trinajstić information content (AvgIpc) is 1.79. The van der Waals surface area contributed by atoms with Crippen molar-refractivity contribution in [1.29, 1.82) is 5.41 Å². The monoisotopic (exact) mass is 144 g/mol. The number of nitrogens with one attached hydrogen (secondary N) is 1. The third kappa shape index (κ3) is 7.43. The summed E-state index contributed by atoms with van der Waals surface area (Å²) in [6.45, 7) is 5.52. The Bertz CT molecular complexity index is 102. The highest BCUT2D eigenvalue weighted by Gasteiger charge is 1.93. The van der Waals surface area contributed by atoms with Crippen LogP contribution in [0.4, 0.5) is 0 Å². The second-order valence-electron chi connectivity index (χ2n) is 2.74. The van der Waals surface area contributed by atoms with Gasteiger partial charge in [0.25, 0.3) is 0 Å². The predicted molar refractivity (Wildman–Crippen MR) is 42.2 cm³/mol. The molecule has 0 aliphatic carbocycles. The summed E-state index contributed by atoms with van der Waals surface area (Å²) < 4.78 is 5.19. The molecule has 0 unspecified atom stereocenters. The molecular weight excluding hydrogens is 128 g/mol. The molecule has 0 atom stereocenters. The minimum Gasteiger partial charge on any atom is -0.388 e. The molecule has 0 rings (SSSR count). The first kappa shape index (κ1) is 9.43. The molecule has 3 heteroatoms. The number of hydrogen-bond acceptors (Lipinski definition) is 2. The molecule has 0 radical (unpaired) electrons. The van der Waals surface area contributed by atoms with E-state index in [2.05, 4.69) is 13.8 Å². The van der Waals surface area contributed by atoms with E-state index in [0.717, 1.165) is 6.61 Å². The van der Waals surface area contributed by atoms with Crippen molar-refractivity contribution in [2.45, 2.75) is 20.3 Å². The van der Waals surface area contributed by atoms with Crippen molar-refractivity contribution in [3.63, 3.8) is 0 Å². The van der Waals surface area contributed by atoms with Crippen LogP contribution in [0.2, 0.25) is 0 Å². The van der Waals surface area contributed by atoms with Crippen LogP contribution in [-0.4, -0.2) is 19.0 Å². The van der Waals surface area contributed by atoms with Crippen molar-refractivity contribution in [3.05, 3.63) is 0 Å². The van der Waals surface area contributed by atoms with E-state index >= 15 is 0 Å². The van der Waals surface area contributed by atoms with E-state index < -0.39 is 0 Å².